The number of rotatable bonds is 4. The van der Waals surface area contributed by atoms with E-state index in [1.54, 1.807) is 0 Å². The summed E-state index contributed by atoms with van der Waals surface area (Å²) in [6.07, 6.45) is 4.87. The van der Waals surface area contributed by atoms with Gasteiger partial charge in [0.25, 0.3) is 0 Å². The Labute approximate surface area is 118 Å². The number of aryl methyl sites for hydroxylation is 1. The van der Waals surface area contributed by atoms with Crippen molar-refractivity contribution in [2.75, 3.05) is 6.54 Å². The minimum atomic E-state index is 0.434. The van der Waals surface area contributed by atoms with Crippen LogP contribution in [0.25, 0.3) is 0 Å². The molecule has 1 atom stereocenters. The Morgan fingerprint density at radius 1 is 1.21 bits per heavy atom. The van der Waals surface area contributed by atoms with Crippen LogP contribution < -0.4 is 5.73 Å². The molecule has 0 aromatic heterocycles. The van der Waals surface area contributed by atoms with Crippen LogP contribution in [0.1, 0.15) is 56.7 Å². The van der Waals surface area contributed by atoms with Gasteiger partial charge in [-0.3, -0.25) is 4.90 Å². The molecule has 1 aliphatic carbocycles. The Bertz CT molecular complexity index is 394. The summed E-state index contributed by atoms with van der Waals surface area (Å²) in [5.41, 5.74) is 8.91. The minimum absolute atomic E-state index is 0.434. The van der Waals surface area contributed by atoms with E-state index >= 15 is 0 Å². The summed E-state index contributed by atoms with van der Waals surface area (Å²) in [6.45, 7) is 7.97. The molecule has 0 radical (unpaired) electrons. The highest BCUT2D eigenvalue weighted by atomic mass is 15.2. The van der Waals surface area contributed by atoms with Crippen LogP contribution in [0.4, 0.5) is 0 Å². The quantitative estimate of drug-likeness (QED) is 0.895. The Hall–Kier alpha value is -0.860. The maximum Gasteiger partial charge on any atom is 0.0325 e. The Balaban J connectivity index is 2.11. The lowest BCUT2D eigenvalue weighted by molar-refractivity contribution is 0.114. The molecule has 0 spiro atoms. The van der Waals surface area contributed by atoms with Crippen LogP contribution in [0.5, 0.6) is 0 Å². The molecule has 0 amide bonds. The van der Waals surface area contributed by atoms with Gasteiger partial charge in [-0.1, -0.05) is 31.2 Å². The molecule has 2 N–H and O–H groups in total. The van der Waals surface area contributed by atoms with E-state index in [2.05, 4.69) is 49.9 Å². The predicted molar refractivity (Wildman–Crippen MR) is 82.2 cm³/mol. The number of nitrogens with two attached hydrogens (primary N) is 1. The number of hydrogen-bond donors (Lipinski definition) is 1. The zero-order chi connectivity index (χ0) is 13.8. The second kappa shape index (κ2) is 6.53. The first-order valence-corrected chi connectivity index (χ1v) is 7.70. The van der Waals surface area contributed by atoms with E-state index in [0.29, 0.717) is 18.1 Å². The molecular weight excluding hydrogens is 232 g/mol. The van der Waals surface area contributed by atoms with Gasteiger partial charge < -0.3 is 5.73 Å². The van der Waals surface area contributed by atoms with Crippen molar-refractivity contribution in [3.05, 3.63) is 35.4 Å². The molecule has 19 heavy (non-hydrogen) atoms. The first kappa shape index (κ1) is 14.5. The molecule has 1 aliphatic rings. The van der Waals surface area contributed by atoms with Gasteiger partial charge in [-0.2, -0.15) is 0 Å². The average molecular weight is 260 g/mol. The van der Waals surface area contributed by atoms with Crippen LogP contribution in [0, 0.1) is 6.92 Å². The van der Waals surface area contributed by atoms with Gasteiger partial charge in [-0.25, -0.2) is 0 Å². The van der Waals surface area contributed by atoms with E-state index in [1.807, 2.05) is 0 Å². The molecule has 0 aliphatic heterocycles. The second-order valence-corrected chi connectivity index (χ2v) is 5.93. The average Bonchev–Trinajstić information content (AvgIpc) is 2.42. The lowest BCUT2D eigenvalue weighted by atomic mass is 9.89. The largest absolute Gasteiger partial charge is 0.328 e. The van der Waals surface area contributed by atoms with E-state index < -0.39 is 0 Å². The van der Waals surface area contributed by atoms with E-state index in [9.17, 15) is 0 Å². The number of benzene rings is 1. The summed E-state index contributed by atoms with van der Waals surface area (Å²) in [5, 5.41) is 0. The first-order valence-electron chi connectivity index (χ1n) is 7.70. The highest BCUT2D eigenvalue weighted by Gasteiger charge is 2.27. The summed E-state index contributed by atoms with van der Waals surface area (Å²) in [5.74, 6) is 0. The van der Waals surface area contributed by atoms with Crippen molar-refractivity contribution in [1.82, 2.24) is 4.90 Å². The van der Waals surface area contributed by atoms with E-state index in [0.717, 1.165) is 6.54 Å². The van der Waals surface area contributed by atoms with Crippen LogP contribution in [0.2, 0.25) is 0 Å². The molecule has 1 aromatic carbocycles. The lowest BCUT2D eigenvalue weighted by Crippen LogP contribution is -2.42. The molecular formula is C17H28N2. The van der Waals surface area contributed by atoms with Crippen molar-refractivity contribution in [3.63, 3.8) is 0 Å². The fraction of sp³-hybridized carbons (Fsp3) is 0.647. The fourth-order valence-corrected chi connectivity index (χ4v) is 3.52. The van der Waals surface area contributed by atoms with Gasteiger partial charge in [0.1, 0.15) is 0 Å². The lowest BCUT2D eigenvalue weighted by Gasteiger charge is -2.39. The maximum atomic E-state index is 6.03. The molecule has 1 unspecified atom stereocenters. The molecule has 1 saturated carbocycles. The predicted octanol–water partition coefficient (Wildman–Crippen LogP) is 3.65. The molecule has 1 aromatic rings. The van der Waals surface area contributed by atoms with Gasteiger partial charge in [0.15, 0.2) is 0 Å². The second-order valence-electron chi connectivity index (χ2n) is 5.93. The smallest absolute Gasteiger partial charge is 0.0325 e. The summed E-state index contributed by atoms with van der Waals surface area (Å²) < 4.78 is 0. The molecule has 2 rings (SSSR count). The van der Waals surface area contributed by atoms with Crippen molar-refractivity contribution in [2.45, 2.75) is 64.6 Å². The van der Waals surface area contributed by atoms with Crippen molar-refractivity contribution in [2.24, 2.45) is 5.73 Å². The minimum Gasteiger partial charge on any atom is -0.328 e. The molecule has 1 fully saturated rings. The van der Waals surface area contributed by atoms with Crippen LogP contribution in [0.15, 0.2) is 24.3 Å². The van der Waals surface area contributed by atoms with Gasteiger partial charge in [-0.15, -0.1) is 0 Å². The molecule has 106 valence electrons. The Kier molecular flexibility index (Phi) is 5.00. The van der Waals surface area contributed by atoms with Crippen molar-refractivity contribution in [1.29, 1.82) is 0 Å². The summed E-state index contributed by atoms with van der Waals surface area (Å²) >= 11 is 0. The van der Waals surface area contributed by atoms with Crippen LogP contribution in [0.3, 0.4) is 0 Å². The Morgan fingerprint density at radius 2 is 1.84 bits per heavy atom. The van der Waals surface area contributed by atoms with Crippen LogP contribution >= 0.6 is 0 Å². The topological polar surface area (TPSA) is 29.3 Å². The normalized spacial score (nSPS) is 25.5. The van der Waals surface area contributed by atoms with Gasteiger partial charge in [0, 0.05) is 18.1 Å². The molecule has 0 bridgehead atoms. The summed E-state index contributed by atoms with van der Waals surface area (Å²) in [7, 11) is 0. The van der Waals surface area contributed by atoms with Gasteiger partial charge >= 0.3 is 0 Å². The van der Waals surface area contributed by atoms with Gasteiger partial charge in [0.2, 0.25) is 0 Å². The third-order valence-electron chi connectivity index (χ3n) is 4.71. The van der Waals surface area contributed by atoms with Crippen molar-refractivity contribution < 1.29 is 0 Å². The number of hydrogen-bond acceptors (Lipinski definition) is 2. The summed E-state index contributed by atoms with van der Waals surface area (Å²) in [4.78, 5) is 2.66. The van der Waals surface area contributed by atoms with E-state index in [-0.39, 0.29) is 0 Å². The highest BCUT2D eigenvalue weighted by Crippen LogP contribution is 2.30. The number of nitrogens with zero attached hydrogens (tertiary/aromatic N) is 1. The molecule has 0 saturated heterocycles. The van der Waals surface area contributed by atoms with E-state index in [1.165, 1.54) is 36.8 Å². The first-order chi connectivity index (χ1) is 9.13. The standard InChI is InChI=1S/C17H28N2/c1-4-19(16-11-9-15(18)10-12-16)14(3)17-8-6-5-7-13(17)2/h5-8,14-16H,4,9-12,18H2,1-3H3. The fourth-order valence-electron chi connectivity index (χ4n) is 3.52. The van der Waals surface area contributed by atoms with Crippen molar-refractivity contribution in [3.8, 4) is 0 Å². The maximum absolute atomic E-state index is 6.03. The third kappa shape index (κ3) is 3.37. The molecule has 2 nitrogen and oxygen atoms in total. The zero-order valence-corrected chi connectivity index (χ0v) is 12.6. The highest BCUT2D eigenvalue weighted by molar-refractivity contribution is 5.28. The Morgan fingerprint density at radius 3 is 2.42 bits per heavy atom. The molecule has 2 heteroatoms. The van der Waals surface area contributed by atoms with E-state index in [4.69, 9.17) is 5.73 Å². The van der Waals surface area contributed by atoms with Gasteiger partial charge in [-0.05, 0) is 57.2 Å². The van der Waals surface area contributed by atoms with Gasteiger partial charge in [0.05, 0.1) is 0 Å². The summed E-state index contributed by atoms with van der Waals surface area (Å²) in [6, 6.07) is 10.4. The molecule has 0 heterocycles. The third-order valence-corrected chi connectivity index (χ3v) is 4.71. The van der Waals surface area contributed by atoms with Crippen molar-refractivity contribution >= 4 is 0 Å². The zero-order valence-electron chi connectivity index (χ0n) is 12.6. The van der Waals surface area contributed by atoms with Crippen LogP contribution in [-0.2, 0) is 0 Å². The SMILES string of the molecule is CCN(C1CCC(N)CC1)C(C)c1ccccc1C. The monoisotopic (exact) mass is 260 g/mol. The van der Waals surface area contributed by atoms with Crippen LogP contribution in [-0.4, -0.2) is 23.5 Å².